The fourth-order valence-corrected chi connectivity index (χ4v) is 6.64. The molecule has 0 aliphatic carbocycles. The number of benzene rings is 6. The predicted molar refractivity (Wildman–Crippen MR) is 199 cm³/mol. The Morgan fingerprint density at radius 2 is 1.09 bits per heavy atom. The number of hydrogen-bond acceptors (Lipinski definition) is 5. The first kappa shape index (κ1) is 29.1. The van der Waals surface area contributed by atoms with Gasteiger partial charge in [-0.15, -0.1) is 11.3 Å². The molecule has 7 heteroatoms. The van der Waals surface area contributed by atoms with E-state index >= 15 is 0 Å². The van der Waals surface area contributed by atoms with Gasteiger partial charge >= 0.3 is 0 Å². The number of hydrazone groups is 1. The smallest absolute Gasteiger partial charge is 0.195 e. The van der Waals surface area contributed by atoms with Gasteiger partial charge in [-0.3, -0.25) is 10.2 Å². The van der Waals surface area contributed by atoms with Gasteiger partial charge in [0.05, 0.1) is 6.21 Å². The third-order valence-corrected chi connectivity index (χ3v) is 9.03. The van der Waals surface area contributed by atoms with Crippen LogP contribution in [0.3, 0.4) is 0 Å². The molecule has 0 unspecified atom stereocenters. The van der Waals surface area contributed by atoms with Gasteiger partial charge < -0.3 is 10.6 Å². The maximum Gasteiger partial charge on any atom is 0.195 e. The molecule has 222 valence electrons. The van der Waals surface area contributed by atoms with Gasteiger partial charge in [0, 0.05) is 37.2 Å². The lowest BCUT2D eigenvalue weighted by atomic mass is 10.0. The fourth-order valence-electron chi connectivity index (χ4n) is 5.55. The third-order valence-electron chi connectivity index (χ3n) is 7.79. The molecule has 0 saturated carbocycles. The molecule has 0 aliphatic rings. The molecular weight excluding hydrogens is 605 g/mol. The van der Waals surface area contributed by atoms with Crippen molar-refractivity contribution >= 4 is 72.1 Å². The minimum absolute atomic E-state index is 0.0379. The van der Waals surface area contributed by atoms with Crippen molar-refractivity contribution in [3.63, 3.8) is 0 Å². The van der Waals surface area contributed by atoms with Crippen LogP contribution in [0, 0.1) is 0 Å². The molecular formula is C39H28N4OS2. The molecule has 0 fully saturated rings. The normalized spacial score (nSPS) is 11.2. The Balaban J connectivity index is 1.21. The van der Waals surface area contributed by atoms with Crippen LogP contribution in [0.2, 0.25) is 0 Å². The van der Waals surface area contributed by atoms with E-state index in [4.69, 9.17) is 18.0 Å². The number of nitrogens with zero attached hydrogens (tertiary/aromatic N) is 2. The van der Waals surface area contributed by atoms with Crippen LogP contribution in [-0.2, 0) is 0 Å². The molecule has 0 radical (unpaired) electrons. The average Bonchev–Trinajstić information content (AvgIpc) is 3.10. The third kappa shape index (κ3) is 6.02. The van der Waals surface area contributed by atoms with Gasteiger partial charge in [-0.25, -0.2) is 0 Å². The summed E-state index contributed by atoms with van der Waals surface area (Å²) in [6, 6.07) is 49.4. The number of anilines is 3. The molecule has 1 aromatic heterocycles. The van der Waals surface area contributed by atoms with E-state index in [-0.39, 0.29) is 10.5 Å². The molecule has 6 aromatic carbocycles. The van der Waals surface area contributed by atoms with E-state index in [2.05, 4.69) is 106 Å². The highest BCUT2D eigenvalue weighted by atomic mass is 32.1. The van der Waals surface area contributed by atoms with Gasteiger partial charge in [-0.2, -0.15) is 5.10 Å². The van der Waals surface area contributed by atoms with Crippen molar-refractivity contribution in [2.75, 3.05) is 4.90 Å². The zero-order chi connectivity index (χ0) is 31.5. The molecule has 7 rings (SSSR count). The lowest BCUT2D eigenvalue weighted by Crippen LogP contribution is -2.23. The van der Waals surface area contributed by atoms with Crippen LogP contribution in [0.5, 0.6) is 0 Å². The van der Waals surface area contributed by atoms with Gasteiger partial charge in [0.1, 0.15) is 0 Å². The number of fused-ring (bicyclic) bond motifs is 2. The molecule has 0 spiro atoms. The number of hydrogen-bond donors (Lipinski definition) is 2. The van der Waals surface area contributed by atoms with Gasteiger partial charge in [0.2, 0.25) is 0 Å². The van der Waals surface area contributed by atoms with Crippen molar-refractivity contribution in [3.05, 3.63) is 161 Å². The first-order valence-electron chi connectivity index (χ1n) is 14.7. The second-order valence-electron chi connectivity index (χ2n) is 10.8. The summed E-state index contributed by atoms with van der Waals surface area (Å²) in [6.07, 6.45) is 1.65. The predicted octanol–water partition coefficient (Wildman–Crippen LogP) is 9.39. The van der Waals surface area contributed by atoms with Crippen molar-refractivity contribution < 1.29 is 0 Å². The maximum absolute atomic E-state index is 13.9. The topological polar surface area (TPSA) is 70.7 Å². The summed E-state index contributed by atoms with van der Waals surface area (Å²) in [4.78, 5) is 16.1. The average molecular weight is 633 g/mol. The summed E-state index contributed by atoms with van der Waals surface area (Å²) < 4.78 is 1.94. The van der Waals surface area contributed by atoms with Gasteiger partial charge in [0.25, 0.3) is 0 Å². The maximum atomic E-state index is 13.9. The quantitative estimate of drug-likeness (QED) is 0.0793. The minimum Gasteiger partial charge on any atom is -0.375 e. The largest absolute Gasteiger partial charge is 0.375 e. The van der Waals surface area contributed by atoms with Crippen LogP contribution in [0.25, 0.3) is 42.4 Å². The molecule has 1 heterocycles. The summed E-state index contributed by atoms with van der Waals surface area (Å²) in [7, 11) is 0. The Bertz CT molecular complexity index is 2230. The van der Waals surface area contributed by atoms with E-state index in [9.17, 15) is 4.79 Å². The number of thiocarbonyl (C=S) groups is 1. The molecule has 46 heavy (non-hydrogen) atoms. The Kier molecular flexibility index (Phi) is 8.08. The summed E-state index contributed by atoms with van der Waals surface area (Å²) in [5.74, 6) is 0. The van der Waals surface area contributed by atoms with Crippen molar-refractivity contribution in [1.82, 2.24) is 5.43 Å². The van der Waals surface area contributed by atoms with Gasteiger partial charge in [-0.05, 0) is 101 Å². The van der Waals surface area contributed by atoms with Crippen LogP contribution in [0.15, 0.2) is 155 Å². The first-order chi connectivity index (χ1) is 22.5. The van der Waals surface area contributed by atoms with Gasteiger partial charge in [-0.1, -0.05) is 84.9 Å². The van der Waals surface area contributed by atoms with Crippen molar-refractivity contribution in [1.29, 1.82) is 0 Å². The van der Waals surface area contributed by atoms with Crippen LogP contribution >= 0.6 is 23.6 Å². The number of para-hydroxylation sites is 2. The standard InChI is InChI=1S/C39H28N4OS2/c40-39(45)42-41-25-26-11-13-27(14-12-26)29-17-21-36-34(23-29)38(44)35-24-30(18-22-37(35)46-36)28-15-19-33(20-16-28)43(31-7-3-1-4-8-31)32-9-5-2-6-10-32/h1-25H,(H3,40,42,45)/b41-25+. The second-order valence-corrected chi connectivity index (χ2v) is 12.3. The van der Waals surface area contributed by atoms with E-state index in [1.807, 2.05) is 54.6 Å². The lowest BCUT2D eigenvalue weighted by molar-refractivity contribution is 1.04. The summed E-state index contributed by atoms with van der Waals surface area (Å²) in [6.45, 7) is 0. The van der Waals surface area contributed by atoms with E-state index in [0.29, 0.717) is 0 Å². The van der Waals surface area contributed by atoms with E-state index < -0.39 is 0 Å². The molecule has 5 nitrogen and oxygen atoms in total. The molecule has 0 bridgehead atoms. The van der Waals surface area contributed by atoms with E-state index in [1.165, 1.54) is 0 Å². The second kappa shape index (κ2) is 12.8. The van der Waals surface area contributed by atoms with Crippen molar-refractivity contribution in [2.24, 2.45) is 10.8 Å². The summed E-state index contributed by atoms with van der Waals surface area (Å²) in [5, 5.41) is 5.57. The zero-order valence-electron chi connectivity index (χ0n) is 24.6. The Labute approximate surface area is 275 Å². The Morgan fingerprint density at radius 1 is 0.630 bits per heavy atom. The van der Waals surface area contributed by atoms with Crippen LogP contribution in [-0.4, -0.2) is 11.3 Å². The minimum atomic E-state index is 0.0379. The highest BCUT2D eigenvalue weighted by Crippen LogP contribution is 2.36. The molecule has 0 atom stereocenters. The summed E-state index contributed by atoms with van der Waals surface area (Å²) >= 11 is 6.41. The van der Waals surface area contributed by atoms with E-state index in [0.717, 1.165) is 65.1 Å². The highest BCUT2D eigenvalue weighted by Gasteiger charge is 2.13. The molecule has 7 aromatic rings. The Hall–Kier alpha value is -5.63. The first-order valence-corrected chi connectivity index (χ1v) is 16.0. The summed E-state index contributed by atoms with van der Waals surface area (Å²) in [5.41, 5.74) is 16.2. The van der Waals surface area contributed by atoms with Crippen LogP contribution < -0.4 is 21.5 Å². The number of rotatable bonds is 7. The van der Waals surface area contributed by atoms with Gasteiger partial charge in [0.15, 0.2) is 10.5 Å². The fraction of sp³-hybridized carbons (Fsp3) is 0. The van der Waals surface area contributed by atoms with E-state index in [1.54, 1.807) is 17.6 Å². The van der Waals surface area contributed by atoms with Crippen LogP contribution in [0.4, 0.5) is 17.1 Å². The number of nitrogens with two attached hydrogens (primary N) is 1. The molecule has 0 aliphatic heterocycles. The van der Waals surface area contributed by atoms with Crippen molar-refractivity contribution in [3.8, 4) is 22.3 Å². The van der Waals surface area contributed by atoms with Crippen LogP contribution in [0.1, 0.15) is 5.56 Å². The molecule has 0 amide bonds. The zero-order valence-corrected chi connectivity index (χ0v) is 26.3. The Morgan fingerprint density at radius 3 is 1.59 bits per heavy atom. The SMILES string of the molecule is NC(=S)N/N=C/c1ccc(-c2ccc3sc4ccc(-c5ccc(N(c6ccccc6)c6ccccc6)cc5)cc4c(=O)c3c2)cc1. The lowest BCUT2D eigenvalue weighted by Gasteiger charge is -2.25. The molecule has 0 saturated heterocycles. The molecule has 3 N–H and O–H groups in total. The highest BCUT2D eigenvalue weighted by molar-refractivity contribution is 7.80. The monoisotopic (exact) mass is 632 g/mol. The number of nitrogens with one attached hydrogen (secondary N) is 1. The van der Waals surface area contributed by atoms with Crippen molar-refractivity contribution in [2.45, 2.75) is 0 Å².